The molecule has 2 aliphatic heterocycles. The molecule has 1 N–H and O–H groups in total. The summed E-state index contributed by atoms with van der Waals surface area (Å²) in [7, 11) is -3.23. The van der Waals surface area contributed by atoms with Crippen molar-refractivity contribution in [2.45, 2.75) is 58.0 Å². The van der Waals surface area contributed by atoms with Crippen LogP contribution in [0.2, 0.25) is 0 Å². The summed E-state index contributed by atoms with van der Waals surface area (Å²) in [6, 6.07) is 0.639. The van der Waals surface area contributed by atoms with Gasteiger partial charge < -0.3 is 5.32 Å². The summed E-state index contributed by atoms with van der Waals surface area (Å²) < 4.78 is 28.7. The zero-order valence-electron chi connectivity index (χ0n) is 12.1. The van der Waals surface area contributed by atoms with Crippen molar-refractivity contribution in [3.8, 4) is 0 Å². The van der Waals surface area contributed by atoms with E-state index in [-0.39, 0.29) is 6.04 Å². The highest BCUT2D eigenvalue weighted by Crippen LogP contribution is 2.24. The van der Waals surface area contributed by atoms with E-state index in [0.29, 0.717) is 25.7 Å². The minimum atomic E-state index is -3.23. The van der Waals surface area contributed by atoms with Gasteiger partial charge in [-0.1, -0.05) is 13.3 Å². The lowest BCUT2D eigenvalue weighted by atomic mass is 10.1. The van der Waals surface area contributed by atoms with E-state index in [0.717, 1.165) is 38.6 Å². The maximum Gasteiger partial charge on any atom is 0.282 e. The molecule has 19 heavy (non-hydrogen) atoms. The van der Waals surface area contributed by atoms with Gasteiger partial charge in [0.25, 0.3) is 10.2 Å². The molecule has 0 saturated carbocycles. The predicted molar refractivity (Wildman–Crippen MR) is 77.2 cm³/mol. The van der Waals surface area contributed by atoms with Gasteiger partial charge in [0.15, 0.2) is 0 Å². The predicted octanol–water partition coefficient (Wildman–Crippen LogP) is 1.18. The number of rotatable bonds is 4. The molecule has 6 heteroatoms. The number of hydrogen-bond donors (Lipinski definition) is 1. The van der Waals surface area contributed by atoms with Crippen molar-refractivity contribution >= 4 is 10.2 Å². The molecule has 0 amide bonds. The second kappa shape index (κ2) is 6.52. The van der Waals surface area contributed by atoms with E-state index in [1.54, 1.807) is 8.61 Å². The lowest BCUT2D eigenvalue weighted by molar-refractivity contribution is 0.225. The lowest BCUT2D eigenvalue weighted by Gasteiger charge is -2.39. The topological polar surface area (TPSA) is 52.7 Å². The van der Waals surface area contributed by atoms with E-state index < -0.39 is 10.2 Å². The minimum Gasteiger partial charge on any atom is -0.314 e. The lowest BCUT2D eigenvalue weighted by Crippen LogP contribution is -2.53. The highest BCUT2D eigenvalue weighted by atomic mass is 32.2. The molecule has 0 aromatic rings. The molecule has 2 rings (SSSR count). The van der Waals surface area contributed by atoms with Crippen LogP contribution in [0.4, 0.5) is 0 Å². The minimum absolute atomic E-state index is 0.158. The molecule has 1 unspecified atom stereocenters. The van der Waals surface area contributed by atoms with Crippen LogP contribution in [0.5, 0.6) is 0 Å². The first kappa shape index (κ1) is 15.2. The molecule has 2 saturated heterocycles. The Balaban J connectivity index is 1.97. The largest absolute Gasteiger partial charge is 0.314 e. The highest BCUT2D eigenvalue weighted by molar-refractivity contribution is 7.86. The summed E-state index contributed by atoms with van der Waals surface area (Å²) in [5, 5.41) is 3.41. The standard InChI is InChI=1S/C13H27N3O2S/c1-3-14-13-7-10-15(11-8-13)19(17,18)16-9-5-4-6-12(16)2/h12-14H,3-11H2,1-2H3. The fourth-order valence-corrected chi connectivity index (χ4v) is 5.03. The fourth-order valence-electron chi connectivity index (χ4n) is 3.14. The maximum atomic E-state index is 12.6. The molecular formula is C13H27N3O2S. The van der Waals surface area contributed by atoms with Crippen LogP contribution in [0.1, 0.15) is 46.0 Å². The van der Waals surface area contributed by atoms with Gasteiger partial charge in [-0.05, 0) is 39.2 Å². The van der Waals surface area contributed by atoms with E-state index in [1.807, 2.05) is 6.92 Å². The molecular weight excluding hydrogens is 262 g/mol. The van der Waals surface area contributed by atoms with E-state index in [9.17, 15) is 8.42 Å². The van der Waals surface area contributed by atoms with Gasteiger partial charge in [0.1, 0.15) is 0 Å². The van der Waals surface area contributed by atoms with Gasteiger partial charge in [0, 0.05) is 31.7 Å². The first-order valence-electron chi connectivity index (χ1n) is 7.56. The van der Waals surface area contributed by atoms with Crippen molar-refractivity contribution in [3.63, 3.8) is 0 Å². The average Bonchev–Trinajstić information content (AvgIpc) is 2.40. The summed E-state index contributed by atoms with van der Waals surface area (Å²) in [5.74, 6) is 0. The first-order valence-corrected chi connectivity index (χ1v) is 8.95. The molecule has 0 spiro atoms. The summed E-state index contributed by atoms with van der Waals surface area (Å²) >= 11 is 0. The molecule has 0 aliphatic carbocycles. The quantitative estimate of drug-likeness (QED) is 0.845. The van der Waals surface area contributed by atoms with Crippen molar-refractivity contribution in [2.24, 2.45) is 0 Å². The smallest absolute Gasteiger partial charge is 0.282 e. The van der Waals surface area contributed by atoms with Gasteiger partial charge in [-0.2, -0.15) is 17.0 Å². The molecule has 0 aromatic heterocycles. The van der Waals surface area contributed by atoms with Crippen molar-refractivity contribution < 1.29 is 8.42 Å². The Morgan fingerprint density at radius 1 is 1.11 bits per heavy atom. The Hall–Kier alpha value is -0.170. The Kier molecular flexibility index (Phi) is 5.22. The number of hydrogen-bond acceptors (Lipinski definition) is 3. The van der Waals surface area contributed by atoms with Crippen LogP contribution in [0.15, 0.2) is 0 Å². The average molecular weight is 289 g/mol. The Morgan fingerprint density at radius 3 is 2.37 bits per heavy atom. The van der Waals surface area contributed by atoms with Crippen LogP contribution in [-0.2, 0) is 10.2 Å². The van der Waals surface area contributed by atoms with Gasteiger partial charge in [-0.25, -0.2) is 0 Å². The normalized spacial score (nSPS) is 28.6. The molecule has 2 aliphatic rings. The number of piperidine rings is 2. The van der Waals surface area contributed by atoms with E-state index in [4.69, 9.17) is 0 Å². The molecule has 0 aromatic carbocycles. The van der Waals surface area contributed by atoms with Crippen LogP contribution in [-0.4, -0.2) is 55.3 Å². The van der Waals surface area contributed by atoms with E-state index in [2.05, 4.69) is 12.2 Å². The second-order valence-corrected chi connectivity index (χ2v) is 7.58. The monoisotopic (exact) mass is 289 g/mol. The SMILES string of the molecule is CCNC1CCN(S(=O)(=O)N2CCCCC2C)CC1. The van der Waals surface area contributed by atoms with E-state index >= 15 is 0 Å². The van der Waals surface area contributed by atoms with Crippen LogP contribution < -0.4 is 5.32 Å². The molecule has 2 fully saturated rings. The molecule has 0 radical (unpaired) electrons. The molecule has 2 heterocycles. The Bertz CT molecular complexity index is 377. The zero-order chi connectivity index (χ0) is 13.9. The third-order valence-electron chi connectivity index (χ3n) is 4.31. The summed E-state index contributed by atoms with van der Waals surface area (Å²) in [6.45, 7) is 7.09. The molecule has 112 valence electrons. The molecule has 1 atom stereocenters. The van der Waals surface area contributed by atoms with Crippen LogP contribution in [0.25, 0.3) is 0 Å². The van der Waals surface area contributed by atoms with Crippen LogP contribution in [0.3, 0.4) is 0 Å². The van der Waals surface area contributed by atoms with Crippen LogP contribution in [0, 0.1) is 0 Å². The fraction of sp³-hybridized carbons (Fsp3) is 1.00. The van der Waals surface area contributed by atoms with Crippen molar-refractivity contribution in [3.05, 3.63) is 0 Å². The summed E-state index contributed by atoms with van der Waals surface area (Å²) in [6.07, 6.45) is 4.99. The van der Waals surface area contributed by atoms with Crippen molar-refractivity contribution in [1.29, 1.82) is 0 Å². The van der Waals surface area contributed by atoms with Gasteiger partial charge >= 0.3 is 0 Å². The van der Waals surface area contributed by atoms with Gasteiger partial charge in [0.2, 0.25) is 0 Å². The second-order valence-electron chi connectivity index (χ2n) is 5.69. The first-order chi connectivity index (χ1) is 9.05. The summed E-state index contributed by atoms with van der Waals surface area (Å²) in [5.41, 5.74) is 0. The highest BCUT2D eigenvalue weighted by Gasteiger charge is 2.36. The molecule has 0 bridgehead atoms. The Morgan fingerprint density at radius 2 is 1.79 bits per heavy atom. The molecule has 5 nitrogen and oxygen atoms in total. The maximum absolute atomic E-state index is 12.6. The third-order valence-corrected chi connectivity index (χ3v) is 6.46. The van der Waals surface area contributed by atoms with Gasteiger partial charge in [0.05, 0.1) is 0 Å². The summed E-state index contributed by atoms with van der Waals surface area (Å²) in [4.78, 5) is 0. The van der Waals surface area contributed by atoms with Crippen LogP contribution >= 0.6 is 0 Å². The van der Waals surface area contributed by atoms with Gasteiger partial charge in [-0.15, -0.1) is 0 Å². The number of nitrogens with one attached hydrogen (secondary N) is 1. The van der Waals surface area contributed by atoms with Crippen molar-refractivity contribution in [1.82, 2.24) is 13.9 Å². The number of nitrogens with zero attached hydrogens (tertiary/aromatic N) is 2. The van der Waals surface area contributed by atoms with Crippen molar-refractivity contribution in [2.75, 3.05) is 26.2 Å². The van der Waals surface area contributed by atoms with E-state index in [1.165, 1.54) is 0 Å². The van der Waals surface area contributed by atoms with Gasteiger partial charge in [-0.3, -0.25) is 0 Å². The Labute approximate surface area is 117 Å². The third kappa shape index (κ3) is 3.48. The zero-order valence-corrected chi connectivity index (χ0v) is 13.0.